The minimum absolute atomic E-state index is 0.0847. The standard InChI is InChI=1S/C21H18N3O3/c1-13(2)11-24-12-18(14-6-4-3-5-7-14)17-10-15(8-9-16(17)20(24)25)19-22-21(26)27-23-19/h3-10,13H,11H2,1-2H3,(H,22,23,26). The Morgan fingerprint density at radius 3 is 2.52 bits per heavy atom. The summed E-state index contributed by atoms with van der Waals surface area (Å²) in [6, 6.07) is 15.2. The zero-order valence-corrected chi connectivity index (χ0v) is 15.0. The maximum absolute atomic E-state index is 12.9. The summed E-state index contributed by atoms with van der Waals surface area (Å²) in [7, 11) is 0. The molecule has 2 aromatic carbocycles. The van der Waals surface area contributed by atoms with Crippen molar-refractivity contribution in [1.82, 2.24) is 14.7 Å². The lowest BCUT2D eigenvalue weighted by molar-refractivity contribution is 0.388. The van der Waals surface area contributed by atoms with E-state index in [2.05, 4.69) is 34.7 Å². The van der Waals surface area contributed by atoms with Crippen LogP contribution in [0.1, 0.15) is 13.8 Å². The van der Waals surface area contributed by atoms with Crippen LogP contribution in [0.25, 0.3) is 33.3 Å². The minimum atomic E-state index is -0.618. The van der Waals surface area contributed by atoms with Gasteiger partial charge in [0.05, 0.1) is 6.20 Å². The second-order valence-electron chi connectivity index (χ2n) is 6.87. The van der Waals surface area contributed by atoms with E-state index in [-0.39, 0.29) is 5.56 Å². The maximum atomic E-state index is 12.9. The van der Waals surface area contributed by atoms with Crippen LogP contribution < -0.4 is 11.3 Å². The fourth-order valence-electron chi connectivity index (χ4n) is 3.15. The summed E-state index contributed by atoms with van der Waals surface area (Å²) in [6.45, 7) is 4.72. The third-order valence-corrected chi connectivity index (χ3v) is 4.34. The first kappa shape index (κ1) is 17.0. The highest BCUT2D eigenvalue weighted by molar-refractivity contribution is 5.97. The molecule has 6 nitrogen and oxygen atoms in total. The number of aromatic amines is 1. The number of nitrogens with zero attached hydrogens (tertiary/aromatic N) is 2. The number of fused-ring (bicyclic) bond motifs is 1. The molecule has 4 rings (SSSR count). The molecular formula is C21H18N3O3. The van der Waals surface area contributed by atoms with E-state index >= 15 is 0 Å². The Morgan fingerprint density at radius 2 is 1.85 bits per heavy atom. The molecule has 135 valence electrons. The molecule has 1 radical (unpaired) electrons. The first-order valence-corrected chi connectivity index (χ1v) is 8.74. The van der Waals surface area contributed by atoms with Crippen LogP contribution in [0.4, 0.5) is 0 Å². The molecule has 2 aromatic heterocycles. The van der Waals surface area contributed by atoms with E-state index in [1.807, 2.05) is 36.4 Å². The smallest absolute Gasteiger partial charge is 0.305 e. The highest BCUT2D eigenvalue weighted by atomic mass is 16.5. The second-order valence-corrected chi connectivity index (χ2v) is 6.87. The van der Waals surface area contributed by atoms with Crippen molar-refractivity contribution in [3.05, 3.63) is 75.6 Å². The van der Waals surface area contributed by atoms with Gasteiger partial charge in [-0.05, 0) is 29.0 Å². The average molecular weight is 360 g/mol. The Bertz CT molecular complexity index is 1220. The first-order valence-electron chi connectivity index (χ1n) is 8.74. The number of rotatable bonds is 4. The van der Waals surface area contributed by atoms with Crippen molar-refractivity contribution in [3.8, 4) is 22.5 Å². The Balaban J connectivity index is 2.02. The normalized spacial score (nSPS) is 11.4. The van der Waals surface area contributed by atoms with Gasteiger partial charge >= 0.3 is 5.76 Å². The van der Waals surface area contributed by atoms with E-state index < -0.39 is 5.76 Å². The number of hydrogen-bond donors (Lipinski definition) is 1. The Hall–Kier alpha value is -3.41. The number of nitrogens with one attached hydrogen (secondary N) is 1. The number of benzene rings is 2. The molecule has 4 aromatic rings. The molecule has 0 bridgehead atoms. The highest BCUT2D eigenvalue weighted by Crippen LogP contribution is 2.29. The van der Waals surface area contributed by atoms with Gasteiger partial charge in [0.15, 0.2) is 5.82 Å². The third-order valence-electron chi connectivity index (χ3n) is 4.34. The van der Waals surface area contributed by atoms with Crippen molar-refractivity contribution in [1.29, 1.82) is 0 Å². The van der Waals surface area contributed by atoms with Crippen molar-refractivity contribution in [2.45, 2.75) is 20.4 Å². The topological polar surface area (TPSA) is 80.9 Å². The quantitative estimate of drug-likeness (QED) is 0.604. The largest absolute Gasteiger partial charge is 0.439 e. The SMILES string of the molecule is CC(C)Cn1[c]c(-c2ccccc2)c2cc(-c3noc(=O)[nH]3)ccc2c1=O. The van der Waals surface area contributed by atoms with Gasteiger partial charge in [0.25, 0.3) is 5.56 Å². The number of aromatic nitrogens is 3. The summed E-state index contributed by atoms with van der Waals surface area (Å²) in [4.78, 5) is 26.8. The van der Waals surface area contributed by atoms with Crippen molar-refractivity contribution in [2.24, 2.45) is 5.92 Å². The molecule has 0 spiro atoms. The predicted molar refractivity (Wildman–Crippen MR) is 103 cm³/mol. The summed E-state index contributed by atoms with van der Waals surface area (Å²) in [5.74, 6) is 0.0269. The van der Waals surface area contributed by atoms with Gasteiger partial charge in [-0.15, -0.1) is 0 Å². The van der Waals surface area contributed by atoms with Crippen molar-refractivity contribution < 1.29 is 4.52 Å². The van der Waals surface area contributed by atoms with Crippen molar-refractivity contribution in [3.63, 3.8) is 0 Å². The summed E-state index contributed by atoms with van der Waals surface area (Å²) >= 11 is 0. The molecule has 0 aliphatic carbocycles. The summed E-state index contributed by atoms with van der Waals surface area (Å²) in [6.07, 6.45) is 3.28. The van der Waals surface area contributed by atoms with E-state index in [0.717, 1.165) is 16.5 Å². The van der Waals surface area contributed by atoms with E-state index in [0.29, 0.717) is 29.2 Å². The van der Waals surface area contributed by atoms with Gasteiger partial charge in [-0.3, -0.25) is 14.3 Å². The van der Waals surface area contributed by atoms with E-state index in [9.17, 15) is 9.59 Å². The first-order chi connectivity index (χ1) is 13.0. The Kier molecular flexibility index (Phi) is 4.24. The predicted octanol–water partition coefficient (Wildman–Crippen LogP) is 3.47. The van der Waals surface area contributed by atoms with Crippen LogP contribution >= 0.6 is 0 Å². The average Bonchev–Trinajstić information content (AvgIpc) is 3.10. The van der Waals surface area contributed by atoms with Crippen LogP contribution in [0, 0.1) is 12.1 Å². The Labute approximate surface area is 155 Å². The van der Waals surface area contributed by atoms with Crippen LogP contribution in [0.3, 0.4) is 0 Å². The van der Waals surface area contributed by atoms with E-state index in [4.69, 9.17) is 0 Å². The molecule has 0 aliphatic rings. The molecule has 0 unspecified atom stereocenters. The summed E-state index contributed by atoms with van der Waals surface area (Å²) in [5, 5.41) is 5.09. The molecule has 0 fully saturated rings. The minimum Gasteiger partial charge on any atom is -0.305 e. The summed E-state index contributed by atoms with van der Waals surface area (Å²) in [5.41, 5.74) is 2.38. The highest BCUT2D eigenvalue weighted by Gasteiger charge is 2.14. The van der Waals surface area contributed by atoms with Crippen LogP contribution in [0.2, 0.25) is 0 Å². The number of pyridine rings is 1. The van der Waals surface area contributed by atoms with Gasteiger partial charge in [0.1, 0.15) is 0 Å². The van der Waals surface area contributed by atoms with Crippen molar-refractivity contribution >= 4 is 10.8 Å². The molecule has 0 atom stereocenters. The monoisotopic (exact) mass is 360 g/mol. The molecule has 6 heteroatoms. The summed E-state index contributed by atoms with van der Waals surface area (Å²) < 4.78 is 6.24. The van der Waals surface area contributed by atoms with Gasteiger partial charge in [-0.25, -0.2) is 4.79 Å². The van der Waals surface area contributed by atoms with Crippen molar-refractivity contribution in [2.75, 3.05) is 0 Å². The molecule has 0 aliphatic heterocycles. The lowest BCUT2D eigenvalue weighted by Gasteiger charge is -2.14. The van der Waals surface area contributed by atoms with Crippen LogP contribution in [-0.4, -0.2) is 14.7 Å². The molecule has 1 N–H and O–H groups in total. The second kappa shape index (κ2) is 6.72. The van der Waals surface area contributed by atoms with Gasteiger partial charge in [0.2, 0.25) is 0 Å². The zero-order valence-electron chi connectivity index (χ0n) is 15.0. The van der Waals surface area contributed by atoms with E-state index in [1.165, 1.54) is 0 Å². The fourth-order valence-corrected chi connectivity index (χ4v) is 3.15. The third kappa shape index (κ3) is 3.21. The molecule has 0 saturated heterocycles. The molecule has 0 amide bonds. The lowest BCUT2D eigenvalue weighted by atomic mass is 9.98. The van der Waals surface area contributed by atoms with Crippen LogP contribution in [-0.2, 0) is 6.54 Å². The van der Waals surface area contributed by atoms with Gasteiger partial charge in [-0.1, -0.05) is 55.4 Å². The zero-order chi connectivity index (χ0) is 19.0. The number of H-pyrrole nitrogens is 1. The number of hydrogen-bond acceptors (Lipinski definition) is 4. The van der Waals surface area contributed by atoms with E-state index in [1.54, 1.807) is 16.7 Å². The Morgan fingerprint density at radius 1 is 1.07 bits per heavy atom. The van der Waals surface area contributed by atoms with Gasteiger partial charge in [-0.2, -0.15) is 0 Å². The van der Waals surface area contributed by atoms with Crippen LogP contribution in [0.15, 0.2) is 62.6 Å². The van der Waals surface area contributed by atoms with Crippen LogP contribution in [0.5, 0.6) is 0 Å². The molecule has 2 heterocycles. The lowest BCUT2D eigenvalue weighted by Crippen LogP contribution is -2.23. The van der Waals surface area contributed by atoms with Gasteiger partial charge in [0, 0.05) is 23.1 Å². The molecule has 27 heavy (non-hydrogen) atoms. The fraction of sp³-hybridized carbons (Fsp3) is 0.190. The molecule has 0 saturated carbocycles. The molecular weight excluding hydrogens is 342 g/mol. The van der Waals surface area contributed by atoms with Gasteiger partial charge < -0.3 is 4.57 Å². The maximum Gasteiger partial charge on any atom is 0.439 e.